The van der Waals surface area contributed by atoms with Crippen molar-refractivity contribution in [2.75, 3.05) is 16.9 Å². The van der Waals surface area contributed by atoms with Crippen molar-refractivity contribution in [2.24, 2.45) is 5.10 Å². The van der Waals surface area contributed by atoms with E-state index < -0.39 is 0 Å². The Morgan fingerprint density at radius 2 is 1.49 bits per heavy atom. The number of hydrogen-bond donors (Lipinski definition) is 3. The number of nitrogens with zero attached hydrogens (tertiary/aromatic N) is 5. The predicted molar refractivity (Wildman–Crippen MR) is 150 cm³/mol. The number of benzene rings is 3. The van der Waals surface area contributed by atoms with Crippen molar-refractivity contribution in [2.45, 2.75) is 6.92 Å². The summed E-state index contributed by atoms with van der Waals surface area (Å²) in [7, 11) is 0. The third-order valence-electron chi connectivity index (χ3n) is 6.23. The van der Waals surface area contributed by atoms with E-state index in [2.05, 4.69) is 15.5 Å². The van der Waals surface area contributed by atoms with Gasteiger partial charge in [-0.2, -0.15) is 5.10 Å². The number of hydrazone groups is 1. The lowest BCUT2D eigenvalue weighted by Crippen LogP contribution is -2.10. The fraction of sp³-hybridized carbons (Fsp3) is 0.0345. The number of aryl methyl sites for hydroxylation is 1. The molecule has 37 heavy (non-hydrogen) atoms. The molecule has 180 valence electrons. The van der Waals surface area contributed by atoms with E-state index in [4.69, 9.17) is 21.6 Å². The first-order valence-electron chi connectivity index (χ1n) is 11.8. The van der Waals surface area contributed by atoms with E-state index in [1.165, 1.54) is 0 Å². The summed E-state index contributed by atoms with van der Waals surface area (Å²) >= 11 is 0. The van der Waals surface area contributed by atoms with Crippen molar-refractivity contribution in [3.63, 3.8) is 0 Å². The molecule has 3 heterocycles. The molecule has 0 aliphatic heterocycles. The van der Waals surface area contributed by atoms with Gasteiger partial charge in [0, 0.05) is 22.2 Å². The SMILES string of the molecule is Cc1nc2c(cc1/C(=N\Nc1ccccc1)c1ccccc1)c(N)nc1nn(-c3ccccc3)c(N)c12. The Balaban J connectivity index is 1.55. The average Bonchev–Trinajstić information content (AvgIpc) is 3.26. The molecule has 0 saturated heterocycles. The third-order valence-corrected chi connectivity index (χ3v) is 6.23. The van der Waals surface area contributed by atoms with E-state index in [0.29, 0.717) is 33.6 Å². The molecular weight excluding hydrogens is 460 g/mol. The molecule has 0 amide bonds. The highest BCUT2D eigenvalue weighted by Gasteiger charge is 2.20. The largest absolute Gasteiger partial charge is 0.383 e. The fourth-order valence-corrected chi connectivity index (χ4v) is 4.41. The molecule has 3 aromatic carbocycles. The number of anilines is 3. The van der Waals surface area contributed by atoms with Gasteiger partial charge in [0.05, 0.1) is 28.0 Å². The lowest BCUT2D eigenvalue weighted by molar-refractivity contribution is 0.901. The second-order valence-electron chi connectivity index (χ2n) is 8.65. The Bertz CT molecular complexity index is 1760. The van der Waals surface area contributed by atoms with Crippen LogP contribution in [0.5, 0.6) is 0 Å². The lowest BCUT2D eigenvalue weighted by atomic mass is 9.99. The van der Waals surface area contributed by atoms with Gasteiger partial charge in [0.1, 0.15) is 11.6 Å². The summed E-state index contributed by atoms with van der Waals surface area (Å²) in [5.41, 5.74) is 22.3. The molecule has 5 N–H and O–H groups in total. The van der Waals surface area contributed by atoms with E-state index in [1.807, 2.05) is 104 Å². The summed E-state index contributed by atoms with van der Waals surface area (Å²) < 4.78 is 1.67. The van der Waals surface area contributed by atoms with Gasteiger partial charge in [-0.05, 0) is 37.3 Å². The molecular formula is C29H24N8. The molecule has 6 aromatic rings. The Morgan fingerprint density at radius 3 is 2.19 bits per heavy atom. The summed E-state index contributed by atoms with van der Waals surface area (Å²) in [6.07, 6.45) is 0. The average molecular weight is 485 g/mol. The van der Waals surface area contributed by atoms with Crippen LogP contribution in [-0.4, -0.2) is 25.5 Å². The van der Waals surface area contributed by atoms with Crippen LogP contribution in [0.3, 0.4) is 0 Å². The fourth-order valence-electron chi connectivity index (χ4n) is 4.41. The Hall–Kier alpha value is -5.24. The van der Waals surface area contributed by atoms with E-state index in [1.54, 1.807) is 4.68 Å². The zero-order chi connectivity index (χ0) is 25.4. The number of pyridine rings is 2. The molecule has 3 aromatic heterocycles. The van der Waals surface area contributed by atoms with E-state index in [9.17, 15) is 0 Å². The van der Waals surface area contributed by atoms with Crippen LogP contribution in [0.2, 0.25) is 0 Å². The zero-order valence-corrected chi connectivity index (χ0v) is 20.1. The summed E-state index contributed by atoms with van der Waals surface area (Å²) in [5, 5.41) is 10.8. The highest BCUT2D eigenvalue weighted by molar-refractivity contribution is 6.18. The molecule has 6 rings (SSSR count). The number of nitrogens with two attached hydrogens (primary N) is 2. The van der Waals surface area contributed by atoms with Gasteiger partial charge in [0.2, 0.25) is 0 Å². The highest BCUT2D eigenvalue weighted by Crippen LogP contribution is 2.33. The number of para-hydroxylation sites is 2. The minimum absolute atomic E-state index is 0.331. The molecule has 8 heteroatoms. The quantitative estimate of drug-likeness (QED) is 0.225. The molecule has 0 saturated carbocycles. The number of hydrogen-bond acceptors (Lipinski definition) is 7. The first-order chi connectivity index (χ1) is 18.1. The van der Waals surface area contributed by atoms with Crippen LogP contribution < -0.4 is 16.9 Å². The van der Waals surface area contributed by atoms with Gasteiger partial charge >= 0.3 is 0 Å². The minimum atomic E-state index is 0.331. The second kappa shape index (κ2) is 9.09. The lowest BCUT2D eigenvalue weighted by Gasteiger charge is -2.13. The summed E-state index contributed by atoms with van der Waals surface area (Å²) in [6.45, 7) is 1.95. The maximum atomic E-state index is 6.58. The van der Waals surface area contributed by atoms with Gasteiger partial charge in [-0.15, -0.1) is 5.10 Å². The van der Waals surface area contributed by atoms with Gasteiger partial charge in [0.15, 0.2) is 5.65 Å². The maximum absolute atomic E-state index is 6.58. The minimum Gasteiger partial charge on any atom is -0.383 e. The topological polar surface area (TPSA) is 120 Å². The van der Waals surface area contributed by atoms with E-state index in [0.717, 1.165) is 33.9 Å². The van der Waals surface area contributed by atoms with Gasteiger partial charge in [-0.3, -0.25) is 10.4 Å². The number of aromatic nitrogens is 4. The van der Waals surface area contributed by atoms with Crippen LogP contribution in [-0.2, 0) is 0 Å². The number of nitrogens with one attached hydrogen (secondary N) is 1. The van der Waals surface area contributed by atoms with Crippen LogP contribution in [0.1, 0.15) is 16.8 Å². The maximum Gasteiger partial charge on any atom is 0.188 e. The smallest absolute Gasteiger partial charge is 0.188 e. The van der Waals surface area contributed by atoms with Crippen LogP contribution in [0, 0.1) is 6.92 Å². The van der Waals surface area contributed by atoms with Gasteiger partial charge < -0.3 is 11.5 Å². The van der Waals surface area contributed by atoms with E-state index >= 15 is 0 Å². The molecule has 0 spiro atoms. The summed E-state index contributed by atoms with van der Waals surface area (Å²) in [5.74, 6) is 0.790. The van der Waals surface area contributed by atoms with Crippen LogP contribution in [0.4, 0.5) is 17.3 Å². The van der Waals surface area contributed by atoms with Crippen LogP contribution in [0.15, 0.2) is 102 Å². The summed E-state index contributed by atoms with van der Waals surface area (Å²) in [6, 6.07) is 31.4. The molecule has 0 atom stereocenters. The van der Waals surface area contributed by atoms with Crippen molar-refractivity contribution < 1.29 is 0 Å². The molecule has 8 nitrogen and oxygen atoms in total. The molecule has 0 bridgehead atoms. The number of fused-ring (bicyclic) bond motifs is 3. The molecule has 0 radical (unpaired) electrons. The van der Waals surface area contributed by atoms with Crippen LogP contribution in [0.25, 0.3) is 27.6 Å². The van der Waals surface area contributed by atoms with Crippen molar-refractivity contribution in [1.82, 2.24) is 19.7 Å². The third kappa shape index (κ3) is 4.00. The highest BCUT2D eigenvalue weighted by atomic mass is 15.3. The Labute approximate surface area is 213 Å². The number of rotatable bonds is 5. The number of nitrogen functional groups attached to an aromatic ring is 2. The van der Waals surface area contributed by atoms with Crippen LogP contribution >= 0.6 is 0 Å². The van der Waals surface area contributed by atoms with Gasteiger partial charge in [-0.1, -0.05) is 66.7 Å². The molecule has 0 aliphatic rings. The predicted octanol–water partition coefficient (Wildman–Crippen LogP) is 5.31. The van der Waals surface area contributed by atoms with Gasteiger partial charge in [0.25, 0.3) is 0 Å². The van der Waals surface area contributed by atoms with Crippen molar-refractivity contribution in [1.29, 1.82) is 0 Å². The van der Waals surface area contributed by atoms with Crippen molar-refractivity contribution in [3.8, 4) is 5.69 Å². The Morgan fingerprint density at radius 1 is 0.838 bits per heavy atom. The molecule has 0 unspecified atom stereocenters. The molecule has 0 fully saturated rings. The van der Waals surface area contributed by atoms with E-state index in [-0.39, 0.29) is 0 Å². The summed E-state index contributed by atoms with van der Waals surface area (Å²) in [4.78, 5) is 9.55. The second-order valence-corrected chi connectivity index (χ2v) is 8.65. The Kier molecular flexibility index (Phi) is 5.46. The normalized spacial score (nSPS) is 11.8. The van der Waals surface area contributed by atoms with Gasteiger partial charge in [-0.25, -0.2) is 9.67 Å². The molecule has 0 aliphatic carbocycles. The first-order valence-corrected chi connectivity index (χ1v) is 11.8. The standard InChI is InChI=1S/C29H24N8/c1-18-22(25(19-11-5-2-6-12-19)35-34-20-13-7-3-8-14-20)17-23-26(32-18)24-28(31)37(21-15-9-4-10-16-21)36-29(24)33-27(23)30/h2-17,34H,31H2,1H3,(H2,30,33,36)/b35-25-. The zero-order valence-electron chi connectivity index (χ0n) is 20.1. The van der Waals surface area contributed by atoms with Crippen molar-refractivity contribution >= 4 is 45.0 Å². The first kappa shape index (κ1) is 22.2. The monoisotopic (exact) mass is 484 g/mol. The van der Waals surface area contributed by atoms with Crippen molar-refractivity contribution in [3.05, 3.63) is 114 Å².